The monoisotopic (exact) mass is 698 g/mol. The summed E-state index contributed by atoms with van der Waals surface area (Å²) in [6.07, 6.45) is 0.000409. The fraction of sp³-hybridized carbons (Fsp3) is 0.694. The number of ether oxygens (including phenoxy) is 3. The molecule has 0 N–H and O–H groups in total. The Balaban J connectivity index is 2.39. The lowest BCUT2D eigenvalue weighted by molar-refractivity contribution is -0.156. The Hall–Kier alpha value is -3.00. The molecule has 1 aromatic rings. The Morgan fingerprint density at radius 1 is 0.755 bits per heavy atom. The number of ketones is 1. The van der Waals surface area contributed by atoms with E-state index in [1.165, 1.54) is 6.92 Å². The molecule has 0 bridgehead atoms. The minimum atomic E-state index is -1.26. The lowest BCUT2D eigenvalue weighted by Gasteiger charge is -2.39. The van der Waals surface area contributed by atoms with Crippen molar-refractivity contribution >= 4 is 17.7 Å². The molecule has 1 fully saturated rings. The smallest absolute Gasteiger partial charge is 0.320 e. The van der Waals surface area contributed by atoms with Crippen LogP contribution in [0.1, 0.15) is 72.4 Å². The van der Waals surface area contributed by atoms with Crippen LogP contribution in [0, 0.1) is 31.3 Å². The van der Waals surface area contributed by atoms with Crippen molar-refractivity contribution in [3.8, 4) is 5.75 Å². The first-order valence-corrected chi connectivity index (χ1v) is 16.9. The number of carbonyl (C=O) groups excluding carboxylic acids is 3. The van der Waals surface area contributed by atoms with Crippen LogP contribution in [0.2, 0.25) is 0 Å². The third-order valence-electron chi connectivity index (χ3n) is 7.95. The molecular formula is C36H57F3N4O6. The first-order chi connectivity index (χ1) is 22.6. The molecule has 1 unspecified atom stereocenters. The SMILES string of the molecule is C=C(CN1CCN(C)CCN(CC(=O)OC(C)(C)C)CCN(CC(C)=O)CC1CCC(=O)Oc1c(F)c(C)c(F)c(C)c1F)OC(C)(C)C. The van der Waals surface area contributed by atoms with Gasteiger partial charge in [-0.3, -0.25) is 29.1 Å². The van der Waals surface area contributed by atoms with Crippen LogP contribution < -0.4 is 4.74 Å². The van der Waals surface area contributed by atoms with Crippen LogP contribution >= 0.6 is 0 Å². The molecule has 0 amide bonds. The maximum Gasteiger partial charge on any atom is 0.320 e. The summed E-state index contributed by atoms with van der Waals surface area (Å²) < 4.78 is 60.6. The fourth-order valence-electron chi connectivity index (χ4n) is 5.60. The number of likely N-dealkylation sites (N-methyl/N-ethyl adjacent to an activating group) is 1. The number of rotatable bonds is 11. The Morgan fingerprint density at radius 3 is 1.84 bits per heavy atom. The van der Waals surface area contributed by atoms with Crippen molar-refractivity contribution in [1.29, 1.82) is 0 Å². The summed E-state index contributed by atoms with van der Waals surface area (Å²) in [6, 6.07) is -0.342. The predicted octanol–water partition coefficient (Wildman–Crippen LogP) is 4.89. The number of benzene rings is 1. The van der Waals surface area contributed by atoms with E-state index in [0.29, 0.717) is 58.1 Å². The molecule has 1 aliphatic rings. The standard InChI is InChI=1S/C36H57F3N4O6/c1-24(44)20-42-18-17-41(23-30(46)49-36(8,9)10)16-14-40(11)15-19-43(21-25(2)48-35(5,6)7)28(22-42)12-13-29(45)47-34-32(38)26(3)31(37)27(4)33(34)39/h28H,2,12-23H2,1,3-11H3. The van der Waals surface area contributed by atoms with E-state index in [0.717, 1.165) is 13.8 Å². The minimum Gasteiger partial charge on any atom is -0.492 e. The largest absolute Gasteiger partial charge is 0.492 e. The summed E-state index contributed by atoms with van der Waals surface area (Å²) in [5.74, 6) is -5.21. The third-order valence-corrected chi connectivity index (χ3v) is 7.95. The lowest BCUT2D eigenvalue weighted by Crippen LogP contribution is -2.51. The zero-order valence-electron chi connectivity index (χ0n) is 31.1. The molecule has 0 spiro atoms. The summed E-state index contributed by atoms with van der Waals surface area (Å²) in [7, 11) is 1.99. The Bertz CT molecular complexity index is 1300. The van der Waals surface area contributed by atoms with E-state index in [9.17, 15) is 27.6 Å². The quantitative estimate of drug-likeness (QED) is 0.181. The van der Waals surface area contributed by atoms with Gasteiger partial charge in [-0.15, -0.1) is 0 Å². The second kappa shape index (κ2) is 18.3. The van der Waals surface area contributed by atoms with Gasteiger partial charge in [-0.25, -0.2) is 13.2 Å². The van der Waals surface area contributed by atoms with Crippen LogP contribution in [0.5, 0.6) is 5.75 Å². The van der Waals surface area contributed by atoms with Crippen molar-refractivity contribution in [2.45, 2.75) is 92.4 Å². The second-order valence-electron chi connectivity index (χ2n) is 15.0. The minimum absolute atomic E-state index is 0.0521. The van der Waals surface area contributed by atoms with Crippen molar-refractivity contribution in [2.24, 2.45) is 0 Å². The number of halogens is 3. The van der Waals surface area contributed by atoms with Gasteiger partial charge in [-0.1, -0.05) is 6.58 Å². The van der Waals surface area contributed by atoms with Gasteiger partial charge < -0.3 is 19.1 Å². The summed E-state index contributed by atoms with van der Waals surface area (Å²) in [6.45, 7) is 23.5. The zero-order valence-corrected chi connectivity index (χ0v) is 31.1. The average Bonchev–Trinajstić information content (AvgIpc) is 2.95. The van der Waals surface area contributed by atoms with E-state index in [2.05, 4.69) is 16.4 Å². The fourth-order valence-corrected chi connectivity index (χ4v) is 5.60. The molecule has 10 nitrogen and oxygen atoms in total. The van der Waals surface area contributed by atoms with E-state index in [-0.39, 0.29) is 43.7 Å². The maximum absolute atomic E-state index is 14.8. The van der Waals surface area contributed by atoms with Crippen molar-refractivity contribution in [2.75, 3.05) is 72.5 Å². The van der Waals surface area contributed by atoms with Crippen molar-refractivity contribution in [3.05, 3.63) is 40.9 Å². The molecule has 0 aromatic heterocycles. The molecule has 0 saturated carbocycles. The number of esters is 2. The number of hydrogen-bond acceptors (Lipinski definition) is 10. The average molecular weight is 699 g/mol. The Kier molecular flexibility index (Phi) is 15.7. The second-order valence-corrected chi connectivity index (χ2v) is 15.0. The van der Waals surface area contributed by atoms with Gasteiger partial charge in [0.05, 0.1) is 19.6 Å². The van der Waals surface area contributed by atoms with Gasteiger partial charge in [0.15, 0.2) is 11.6 Å². The van der Waals surface area contributed by atoms with E-state index in [4.69, 9.17) is 14.2 Å². The van der Waals surface area contributed by atoms with Crippen molar-refractivity contribution in [3.63, 3.8) is 0 Å². The number of carbonyl (C=O) groups is 3. The van der Waals surface area contributed by atoms with Crippen LogP contribution in [0.3, 0.4) is 0 Å². The molecule has 1 aromatic carbocycles. The first-order valence-electron chi connectivity index (χ1n) is 16.9. The molecule has 1 heterocycles. The van der Waals surface area contributed by atoms with Gasteiger partial charge in [0.2, 0.25) is 5.75 Å². The van der Waals surface area contributed by atoms with Crippen LogP contribution in [-0.4, -0.2) is 127 Å². The van der Waals surface area contributed by atoms with Gasteiger partial charge in [0.25, 0.3) is 0 Å². The molecule has 13 heteroatoms. The zero-order chi connectivity index (χ0) is 37.3. The normalized spacial score (nSPS) is 18.3. The van der Waals surface area contributed by atoms with E-state index in [1.54, 1.807) is 0 Å². The van der Waals surface area contributed by atoms with Gasteiger partial charge in [-0.05, 0) is 75.8 Å². The van der Waals surface area contributed by atoms with E-state index in [1.807, 2.05) is 58.4 Å². The molecule has 2 rings (SSSR count). The topological polar surface area (TPSA) is 91.9 Å². The van der Waals surface area contributed by atoms with Gasteiger partial charge in [0.1, 0.15) is 28.6 Å². The molecule has 278 valence electrons. The van der Waals surface area contributed by atoms with Gasteiger partial charge in [-0.2, -0.15) is 0 Å². The number of nitrogens with zero attached hydrogens (tertiary/aromatic N) is 4. The maximum atomic E-state index is 14.8. The van der Waals surface area contributed by atoms with Crippen molar-refractivity contribution in [1.82, 2.24) is 19.6 Å². The van der Waals surface area contributed by atoms with E-state index < -0.39 is 51.5 Å². The molecule has 1 saturated heterocycles. The number of hydrogen-bond donors (Lipinski definition) is 0. The lowest BCUT2D eigenvalue weighted by atomic mass is 10.1. The first kappa shape index (κ1) is 42.2. The highest BCUT2D eigenvalue weighted by molar-refractivity contribution is 5.77. The third kappa shape index (κ3) is 14.8. The molecular weight excluding hydrogens is 641 g/mol. The van der Waals surface area contributed by atoms with Crippen LogP contribution in [0.4, 0.5) is 13.2 Å². The molecule has 0 radical (unpaired) electrons. The van der Waals surface area contributed by atoms with Gasteiger partial charge in [0, 0.05) is 69.4 Å². The predicted molar refractivity (Wildman–Crippen MR) is 183 cm³/mol. The Labute approximate surface area is 290 Å². The molecule has 1 atom stereocenters. The summed E-state index contributed by atoms with van der Waals surface area (Å²) in [4.78, 5) is 46.5. The molecule has 1 aliphatic heterocycles. The van der Waals surface area contributed by atoms with Crippen LogP contribution in [-0.2, 0) is 23.9 Å². The summed E-state index contributed by atoms with van der Waals surface area (Å²) in [5, 5.41) is 0. The highest BCUT2D eigenvalue weighted by Gasteiger charge is 2.29. The van der Waals surface area contributed by atoms with Crippen LogP contribution in [0.25, 0.3) is 0 Å². The van der Waals surface area contributed by atoms with Crippen molar-refractivity contribution < 1.29 is 41.8 Å². The summed E-state index contributed by atoms with van der Waals surface area (Å²) >= 11 is 0. The molecule has 49 heavy (non-hydrogen) atoms. The Morgan fingerprint density at radius 2 is 1.29 bits per heavy atom. The van der Waals surface area contributed by atoms with E-state index >= 15 is 0 Å². The highest BCUT2D eigenvalue weighted by atomic mass is 19.1. The highest BCUT2D eigenvalue weighted by Crippen LogP contribution is 2.30. The summed E-state index contributed by atoms with van der Waals surface area (Å²) in [5.41, 5.74) is -1.98. The van der Waals surface area contributed by atoms with Gasteiger partial charge >= 0.3 is 11.9 Å². The molecule has 0 aliphatic carbocycles. The van der Waals surface area contributed by atoms with Crippen LogP contribution in [0.15, 0.2) is 12.3 Å². The number of Topliss-reactive ketones (excluding diaryl/α,β-unsaturated/α-hetero) is 1.